The molecular weight excluding hydrogens is 270 g/mol. The molecular formula is C14H13ClF2N2. The Balaban J connectivity index is 2.28. The molecule has 0 amide bonds. The number of pyridine rings is 1. The topological polar surface area (TPSA) is 38.9 Å². The van der Waals surface area contributed by atoms with Crippen molar-refractivity contribution in [2.24, 2.45) is 5.73 Å². The quantitative estimate of drug-likeness (QED) is 0.935. The predicted octanol–water partition coefficient (Wildman–Crippen LogP) is 3.56. The first-order valence-corrected chi connectivity index (χ1v) is 6.16. The van der Waals surface area contributed by atoms with Gasteiger partial charge >= 0.3 is 0 Å². The van der Waals surface area contributed by atoms with E-state index < -0.39 is 17.7 Å². The van der Waals surface area contributed by atoms with Gasteiger partial charge in [0.1, 0.15) is 11.6 Å². The fourth-order valence-corrected chi connectivity index (χ4v) is 2.08. The lowest BCUT2D eigenvalue weighted by atomic mass is 9.98. The molecule has 0 saturated heterocycles. The van der Waals surface area contributed by atoms with E-state index in [9.17, 15) is 8.78 Å². The fourth-order valence-electron chi connectivity index (χ4n) is 1.88. The second kappa shape index (κ2) is 5.63. The van der Waals surface area contributed by atoms with E-state index in [2.05, 4.69) is 4.98 Å². The summed E-state index contributed by atoms with van der Waals surface area (Å²) in [6.45, 7) is 1.57. The Bertz CT molecular complexity index is 602. The van der Waals surface area contributed by atoms with E-state index in [4.69, 9.17) is 17.3 Å². The van der Waals surface area contributed by atoms with E-state index in [-0.39, 0.29) is 5.56 Å². The molecule has 1 heterocycles. The maximum atomic E-state index is 13.7. The zero-order valence-corrected chi connectivity index (χ0v) is 11.1. The monoisotopic (exact) mass is 282 g/mol. The molecule has 0 aliphatic rings. The largest absolute Gasteiger partial charge is 0.324 e. The summed E-state index contributed by atoms with van der Waals surface area (Å²) in [5.41, 5.74) is 7.41. The Kier molecular flexibility index (Phi) is 4.12. The van der Waals surface area contributed by atoms with E-state index >= 15 is 0 Å². The number of nitrogens with two attached hydrogens (primary N) is 1. The average Bonchev–Trinajstić information content (AvgIpc) is 2.36. The van der Waals surface area contributed by atoms with E-state index in [1.807, 2.05) is 0 Å². The molecule has 1 aromatic heterocycles. The van der Waals surface area contributed by atoms with Crippen LogP contribution in [0.5, 0.6) is 0 Å². The zero-order chi connectivity index (χ0) is 14.0. The molecule has 2 nitrogen and oxygen atoms in total. The van der Waals surface area contributed by atoms with Crippen LogP contribution in [0.4, 0.5) is 8.78 Å². The van der Waals surface area contributed by atoms with Crippen molar-refractivity contribution >= 4 is 11.6 Å². The Labute approximate surface area is 115 Å². The normalized spacial score (nSPS) is 12.5. The van der Waals surface area contributed by atoms with Crippen molar-refractivity contribution in [2.75, 3.05) is 0 Å². The smallest absolute Gasteiger partial charge is 0.130 e. The highest BCUT2D eigenvalue weighted by atomic mass is 35.5. The van der Waals surface area contributed by atoms with Crippen molar-refractivity contribution in [3.05, 3.63) is 63.9 Å². The third-order valence-electron chi connectivity index (χ3n) is 2.97. The van der Waals surface area contributed by atoms with Crippen LogP contribution in [-0.2, 0) is 6.42 Å². The van der Waals surface area contributed by atoms with Gasteiger partial charge in [-0.15, -0.1) is 0 Å². The van der Waals surface area contributed by atoms with Gasteiger partial charge in [-0.3, -0.25) is 4.98 Å². The Morgan fingerprint density at radius 3 is 2.74 bits per heavy atom. The molecule has 19 heavy (non-hydrogen) atoms. The van der Waals surface area contributed by atoms with Gasteiger partial charge in [0.05, 0.1) is 5.02 Å². The van der Waals surface area contributed by atoms with Crippen LogP contribution in [-0.4, -0.2) is 4.98 Å². The summed E-state index contributed by atoms with van der Waals surface area (Å²) in [7, 11) is 0. The summed E-state index contributed by atoms with van der Waals surface area (Å²) < 4.78 is 26.9. The van der Waals surface area contributed by atoms with Crippen molar-refractivity contribution in [3.63, 3.8) is 0 Å². The van der Waals surface area contributed by atoms with Crippen LogP contribution in [0.15, 0.2) is 30.6 Å². The highest BCUT2D eigenvalue weighted by Gasteiger charge is 2.15. The van der Waals surface area contributed by atoms with Gasteiger partial charge in [-0.05, 0) is 36.6 Å². The molecule has 2 rings (SSSR count). The van der Waals surface area contributed by atoms with Crippen molar-refractivity contribution in [2.45, 2.75) is 19.4 Å². The lowest BCUT2D eigenvalue weighted by Crippen LogP contribution is -2.16. The molecule has 2 N–H and O–H groups in total. The standard InChI is InChI=1S/C14H13ClF2N2/c1-8-4-10(13(17)6-12(8)16)14(18)5-9-2-3-19-7-11(9)15/h2-4,6-7,14H,5,18H2,1H3. The minimum absolute atomic E-state index is 0.284. The molecule has 2 aromatic rings. The summed E-state index contributed by atoms with van der Waals surface area (Å²) in [4.78, 5) is 3.87. The number of nitrogens with zero attached hydrogens (tertiary/aromatic N) is 1. The average molecular weight is 283 g/mol. The molecule has 0 radical (unpaired) electrons. The summed E-state index contributed by atoms with van der Waals surface area (Å²) in [5, 5.41) is 0.484. The third kappa shape index (κ3) is 3.08. The Morgan fingerprint density at radius 1 is 1.32 bits per heavy atom. The van der Waals surface area contributed by atoms with E-state index in [0.29, 0.717) is 17.0 Å². The molecule has 0 aliphatic heterocycles. The van der Waals surface area contributed by atoms with Gasteiger partial charge < -0.3 is 5.73 Å². The second-order valence-electron chi connectivity index (χ2n) is 4.40. The van der Waals surface area contributed by atoms with E-state index in [1.54, 1.807) is 19.2 Å². The molecule has 0 spiro atoms. The first-order chi connectivity index (χ1) is 8.99. The summed E-state index contributed by atoms with van der Waals surface area (Å²) >= 11 is 5.98. The summed E-state index contributed by atoms with van der Waals surface area (Å²) in [5.74, 6) is -1.21. The first-order valence-electron chi connectivity index (χ1n) is 5.78. The van der Waals surface area contributed by atoms with E-state index in [1.165, 1.54) is 12.3 Å². The zero-order valence-electron chi connectivity index (χ0n) is 10.3. The number of aryl methyl sites for hydroxylation is 1. The number of hydrogen-bond acceptors (Lipinski definition) is 2. The van der Waals surface area contributed by atoms with Gasteiger partial charge in [0.25, 0.3) is 0 Å². The van der Waals surface area contributed by atoms with Gasteiger partial charge in [0, 0.05) is 30.1 Å². The number of benzene rings is 1. The van der Waals surface area contributed by atoms with Crippen LogP contribution < -0.4 is 5.73 Å². The molecule has 100 valence electrons. The van der Waals surface area contributed by atoms with Gasteiger partial charge in [0.2, 0.25) is 0 Å². The van der Waals surface area contributed by atoms with Crippen LogP contribution >= 0.6 is 11.6 Å². The van der Waals surface area contributed by atoms with Crippen LogP contribution in [0.25, 0.3) is 0 Å². The van der Waals surface area contributed by atoms with Crippen molar-refractivity contribution < 1.29 is 8.78 Å². The van der Waals surface area contributed by atoms with Crippen molar-refractivity contribution in [1.82, 2.24) is 4.98 Å². The molecule has 1 aromatic carbocycles. The fraction of sp³-hybridized carbons (Fsp3) is 0.214. The van der Waals surface area contributed by atoms with Crippen molar-refractivity contribution in [1.29, 1.82) is 0 Å². The summed E-state index contributed by atoms with van der Waals surface area (Å²) in [6, 6.07) is 3.44. The molecule has 0 aliphatic carbocycles. The van der Waals surface area contributed by atoms with Gasteiger partial charge in [-0.2, -0.15) is 0 Å². The minimum Gasteiger partial charge on any atom is -0.324 e. The lowest BCUT2D eigenvalue weighted by molar-refractivity contribution is 0.549. The van der Waals surface area contributed by atoms with Gasteiger partial charge in [-0.25, -0.2) is 8.78 Å². The number of aromatic nitrogens is 1. The molecule has 1 atom stereocenters. The molecule has 0 bridgehead atoms. The highest BCUT2D eigenvalue weighted by molar-refractivity contribution is 6.31. The highest BCUT2D eigenvalue weighted by Crippen LogP contribution is 2.24. The predicted molar refractivity (Wildman–Crippen MR) is 71.0 cm³/mol. The van der Waals surface area contributed by atoms with Gasteiger partial charge in [-0.1, -0.05) is 11.6 Å². The van der Waals surface area contributed by atoms with Crippen LogP contribution in [0.2, 0.25) is 5.02 Å². The molecule has 1 unspecified atom stereocenters. The molecule has 0 saturated carbocycles. The van der Waals surface area contributed by atoms with Gasteiger partial charge in [0.15, 0.2) is 0 Å². The second-order valence-corrected chi connectivity index (χ2v) is 4.81. The molecule has 0 fully saturated rings. The maximum absolute atomic E-state index is 13.7. The Morgan fingerprint density at radius 2 is 2.05 bits per heavy atom. The molecule has 5 heteroatoms. The van der Waals surface area contributed by atoms with Crippen LogP contribution in [0.3, 0.4) is 0 Å². The number of halogens is 3. The van der Waals surface area contributed by atoms with Crippen molar-refractivity contribution in [3.8, 4) is 0 Å². The van der Waals surface area contributed by atoms with Crippen LogP contribution in [0, 0.1) is 18.6 Å². The minimum atomic E-state index is -0.638. The number of rotatable bonds is 3. The first kappa shape index (κ1) is 13.9. The Hall–Kier alpha value is -1.52. The SMILES string of the molecule is Cc1cc(C(N)Cc2ccncc2Cl)c(F)cc1F. The number of hydrogen-bond donors (Lipinski definition) is 1. The maximum Gasteiger partial charge on any atom is 0.130 e. The van der Waals surface area contributed by atoms with E-state index in [0.717, 1.165) is 11.6 Å². The van der Waals surface area contributed by atoms with Crippen LogP contribution in [0.1, 0.15) is 22.7 Å². The summed E-state index contributed by atoms with van der Waals surface area (Å²) in [6.07, 6.45) is 3.47. The third-order valence-corrected chi connectivity index (χ3v) is 3.31. The lowest BCUT2D eigenvalue weighted by Gasteiger charge is -2.15.